The molecule has 0 fully saturated rings. The third kappa shape index (κ3) is 3.87. The average molecular weight is 447 g/mol. The Morgan fingerprint density at radius 2 is 1.50 bits per heavy atom. The van der Waals surface area contributed by atoms with Crippen LogP contribution in [0.1, 0.15) is 22.3 Å². The van der Waals surface area contributed by atoms with E-state index in [0.29, 0.717) is 27.7 Å². The molecule has 6 heteroatoms. The molecule has 0 saturated heterocycles. The van der Waals surface area contributed by atoms with Gasteiger partial charge in [0.15, 0.2) is 0 Å². The maximum atomic E-state index is 13.6. The van der Waals surface area contributed by atoms with E-state index in [4.69, 9.17) is 16.3 Å². The molecule has 0 unspecified atom stereocenters. The molecule has 2 amide bonds. The van der Waals surface area contributed by atoms with Gasteiger partial charge in [-0.2, -0.15) is 0 Å². The maximum absolute atomic E-state index is 13.6. The largest absolute Gasteiger partial charge is 0.495 e. The minimum atomic E-state index is -0.419. The van der Waals surface area contributed by atoms with E-state index in [9.17, 15) is 9.59 Å². The number of methoxy groups -OCH3 is 1. The lowest BCUT2D eigenvalue weighted by Gasteiger charge is -2.19. The number of rotatable bonds is 5. The fourth-order valence-electron chi connectivity index (χ4n) is 3.76. The molecule has 3 aromatic carbocycles. The molecule has 4 rings (SSSR count). The van der Waals surface area contributed by atoms with Gasteiger partial charge in [-0.25, -0.2) is 4.90 Å². The number of imide groups is 1. The van der Waals surface area contributed by atoms with Crippen molar-refractivity contribution in [3.63, 3.8) is 0 Å². The van der Waals surface area contributed by atoms with Gasteiger partial charge in [-0.15, -0.1) is 0 Å². The molecule has 5 nitrogen and oxygen atoms in total. The molecule has 0 saturated carbocycles. The second kappa shape index (κ2) is 8.52. The van der Waals surface area contributed by atoms with Crippen LogP contribution in [-0.2, 0) is 9.59 Å². The molecule has 0 spiro atoms. The molecule has 3 aromatic rings. The molecule has 162 valence electrons. The third-order valence-corrected chi connectivity index (χ3v) is 5.69. The number of ether oxygens (including phenoxy) is 1. The number of nitrogens with one attached hydrogen (secondary N) is 1. The first-order valence-corrected chi connectivity index (χ1v) is 10.6. The number of nitrogens with zero attached hydrogens (tertiary/aromatic N) is 1. The predicted octanol–water partition coefficient (Wildman–Crippen LogP) is 5.67. The molecular weight excluding hydrogens is 424 g/mol. The number of hydrogen-bond acceptors (Lipinski definition) is 4. The minimum absolute atomic E-state index is 0.196. The third-order valence-electron chi connectivity index (χ3n) is 5.44. The lowest BCUT2D eigenvalue weighted by atomic mass is 10.0. The van der Waals surface area contributed by atoms with Crippen molar-refractivity contribution in [2.24, 2.45) is 0 Å². The first kappa shape index (κ1) is 21.7. The summed E-state index contributed by atoms with van der Waals surface area (Å²) in [5, 5.41) is 3.74. The summed E-state index contributed by atoms with van der Waals surface area (Å²) in [4.78, 5) is 28.5. The summed E-state index contributed by atoms with van der Waals surface area (Å²) in [6, 6.07) is 18.2. The van der Waals surface area contributed by atoms with Crippen LogP contribution in [0.5, 0.6) is 5.75 Å². The molecule has 0 bridgehead atoms. The summed E-state index contributed by atoms with van der Waals surface area (Å²) in [7, 11) is 1.56. The predicted molar refractivity (Wildman–Crippen MR) is 128 cm³/mol. The molecular formula is C26H23ClN2O3. The fraction of sp³-hybridized carbons (Fsp3) is 0.154. The van der Waals surface area contributed by atoms with Crippen molar-refractivity contribution in [3.05, 3.63) is 93.6 Å². The Balaban J connectivity index is 1.88. The van der Waals surface area contributed by atoms with E-state index in [2.05, 4.69) is 5.32 Å². The Hall–Kier alpha value is -3.57. The van der Waals surface area contributed by atoms with Crippen LogP contribution in [0.3, 0.4) is 0 Å². The van der Waals surface area contributed by atoms with E-state index in [-0.39, 0.29) is 17.2 Å². The highest BCUT2D eigenvalue weighted by Crippen LogP contribution is 2.37. The van der Waals surface area contributed by atoms with Gasteiger partial charge in [-0.1, -0.05) is 41.9 Å². The van der Waals surface area contributed by atoms with Crippen molar-refractivity contribution in [3.8, 4) is 5.75 Å². The van der Waals surface area contributed by atoms with E-state index < -0.39 is 5.91 Å². The number of carbonyl (C=O) groups is 2. The molecule has 0 radical (unpaired) electrons. The molecule has 1 aliphatic rings. The number of hydrogen-bond donors (Lipinski definition) is 1. The highest BCUT2D eigenvalue weighted by molar-refractivity contribution is 6.46. The van der Waals surface area contributed by atoms with Crippen LogP contribution in [0.4, 0.5) is 11.4 Å². The van der Waals surface area contributed by atoms with Crippen LogP contribution in [-0.4, -0.2) is 18.9 Å². The minimum Gasteiger partial charge on any atom is -0.495 e. The van der Waals surface area contributed by atoms with E-state index in [0.717, 1.165) is 16.7 Å². The zero-order chi connectivity index (χ0) is 23.0. The standard InChI is InChI=1S/C26H23ClN2O3/c1-15-6-12-22(32-4)20(13-15)28-24-23(18-8-10-19(27)11-9-18)25(30)29(26(24)31)21-14-16(2)5-7-17(21)3/h5-14,28H,1-4H3. The quantitative estimate of drug-likeness (QED) is 0.513. The highest BCUT2D eigenvalue weighted by atomic mass is 35.5. The van der Waals surface area contributed by atoms with Crippen molar-refractivity contribution in [1.82, 2.24) is 0 Å². The van der Waals surface area contributed by atoms with Gasteiger partial charge in [-0.3, -0.25) is 9.59 Å². The molecule has 0 aliphatic carbocycles. The van der Waals surface area contributed by atoms with Gasteiger partial charge in [0.25, 0.3) is 11.8 Å². The van der Waals surface area contributed by atoms with Gasteiger partial charge in [0.2, 0.25) is 0 Å². The van der Waals surface area contributed by atoms with Gasteiger partial charge in [0, 0.05) is 5.02 Å². The number of anilines is 2. The van der Waals surface area contributed by atoms with Crippen molar-refractivity contribution in [2.75, 3.05) is 17.3 Å². The van der Waals surface area contributed by atoms with E-state index >= 15 is 0 Å². The van der Waals surface area contributed by atoms with Gasteiger partial charge in [-0.05, 0) is 73.4 Å². The summed E-state index contributed by atoms with van der Waals surface area (Å²) < 4.78 is 5.46. The lowest BCUT2D eigenvalue weighted by Crippen LogP contribution is -2.33. The highest BCUT2D eigenvalue weighted by Gasteiger charge is 2.41. The topological polar surface area (TPSA) is 58.6 Å². The first-order chi connectivity index (χ1) is 15.3. The summed E-state index contributed by atoms with van der Waals surface area (Å²) in [5.74, 6) is -0.235. The van der Waals surface area contributed by atoms with Crippen molar-refractivity contribution in [1.29, 1.82) is 0 Å². The fourth-order valence-corrected chi connectivity index (χ4v) is 3.89. The molecule has 1 N–H and O–H groups in total. The summed E-state index contributed by atoms with van der Waals surface area (Å²) in [6.07, 6.45) is 0. The normalized spacial score (nSPS) is 13.7. The number of aryl methyl sites for hydroxylation is 3. The van der Waals surface area contributed by atoms with E-state index in [1.165, 1.54) is 4.90 Å². The number of halogens is 1. The molecule has 0 atom stereocenters. The van der Waals surface area contributed by atoms with E-state index in [1.807, 2.05) is 57.2 Å². The van der Waals surface area contributed by atoms with Crippen molar-refractivity contribution >= 4 is 40.4 Å². The SMILES string of the molecule is COc1ccc(C)cc1NC1=C(c2ccc(Cl)cc2)C(=O)N(c2cc(C)ccc2C)C1=O. The Labute approximate surface area is 192 Å². The average Bonchev–Trinajstić information content (AvgIpc) is 3.00. The van der Waals surface area contributed by atoms with Gasteiger partial charge in [0.05, 0.1) is 24.1 Å². The first-order valence-electron chi connectivity index (χ1n) is 10.2. The van der Waals surface area contributed by atoms with Crippen LogP contribution in [0, 0.1) is 20.8 Å². The van der Waals surface area contributed by atoms with Crippen molar-refractivity contribution < 1.29 is 14.3 Å². The van der Waals surface area contributed by atoms with E-state index in [1.54, 1.807) is 31.4 Å². The van der Waals surface area contributed by atoms with Gasteiger partial charge < -0.3 is 10.1 Å². The van der Waals surface area contributed by atoms with Gasteiger partial charge in [0.1, 0.15) is 11.4 Å². The number of carbonyl (C=O) groups excluding carboxylic acids is 2. The van der Waals surface area contributed by atoms with Gasteiger partial charge >= 0.3 is 0 Å². The monoisotopic (exact) mass is 446 g/mol. The summed E-state index contributed by atoms with van der Waals surface area (Å²) in [5.41, 5.74) is 5.05. The van der Waals surface area contributed by atoms with Crippen LogP contribution in [0.25, 0.3) is 5.57 Å². The zero-order valence-corrected chi connectivity index (χ0v) is 19.1. The number of amides is 2. The van der Waals surface area contributed by atoms with Crippen LogP contribution < -0.4 is 15.0 Å². The molecule has 1 aliphatic heterocycles. The van der Waals surface area contributed by atoms with Crippen LogP contribution in [0.2, 0.25) is 5.02 Å². The van der Waals surface area contributed by atoms with Crippen LogP contribution in [0.15, 0.2) is 66.4 Å². The Morgan fingerprint density at radius 3 is 2.19 bits per heavy atom. The second-order valence-electron chi connectivity index (χ2n) is 7.82. The summed E-state index contributed by atoms with van der Waals surface area (Å²) in [6.45, 7) is 5.76. The Bertz CT molecular complexity index is 1260. The molecule has 0 aromatic heterocycles. The maximum Gasteiger partial charge on any atom is 0.282 e. The number of benzene rings is 3. The lowest BCUT2D eigenvalue weighted by molar-refractivity contribution is -0.120. The smallest absolute Gasteiger partial charge is 0.282 e. The van der Waals surface area contributed by atoms with Crippen LogP contribution >= 0.6 is 11.6 Å². The van der Waals surface area contributed by atoms with Crippen molar-refractivity contribution in [2.45, 2.75) is 20.8 Å². The molecule has 32 heavy (non-hydrogen) atoms. The second-order valence-corrected chi connectivity index (χ2v) is 8.26. The Kier molecular flexibility index (Phi) is 5.76. The zero-order valence-electron chi connectivity index (χ0n) is 18.3. The Morgan fingerprint density at radius 1 is 0.844 bits per heavy atom. The molecule has 1 heterocycles. The summed E-state index contributed by atoms with van der Waals surface area (Å²) >= 11 is 6.06.